The van der Waals surface area contributed by atoms with Gasteiger partial charge in [0, 0.05) is 30.3 Å². The quantitative estimate of drug-likeness (QED) is 0.528. The number of hydrogen-bond acceptors (Lipinski definition) is 6. The van der Waals surface area contributed by atoms with Gasteiger partial charge in [0.05, 0.1) is 20.1 Å². The molecule has 3 rings (SSSR count). The summed E-state index contributed by atoms with van der Waals surface area (Å²) in [5, 5.41) is 0. The van der Waals surface area contributed by atoms with Crippen LogP contribution < -0.4 is 14.4 Å². The van der Waals surface area contributed by atoms with Crippen molar-refractivity contribution < 1.29 is 28.6 Å². The standard InChI is InChI=1S/C22H23NO6/c1-14(21(25)15-7-9-18(27-2)10-8-15)29-22(26)16-11-20(24)23(13-16)17-5-4-6-19(12-17)28-3/h4-10,12,14,16H,11,13H2,1-3H3/t14-,16-/m1/s1. The van der Waals surface area contributed by atoms with Gasteiger partial charge in [-0.2, -0.15) is 0 Å². The minimum Gasteiger partial charge on any atom is -0.497 e. The molecule has 0 saturated carbocycles. The van der Waals surface area contributed by atoms with E-state index in [0.717, 1.165) is 0 Å². The van der Waals surface area contributed by atoms with E-state index in [-0.39, 0.29) is 24.7 Å². The van der Waals surface area contributed by atoms with Gasteiger partial charge < -0.3 is 19.1 Å². The summed E-state index contributed by atoms with van der Waals surface area (Å²) >= 11 is 0. The van der Waals surface area contributed by atoms with Gasteiger partial charge in [-0.3, -0.25) is 14.4 Å². The van der Waals surface area contributed by atoms with Crippen molar-refractivity contribution in [1.82, 2.24) is 0 Å². The second-order valence-electron chi connectivity index (χ2n) is 6.78. The maximum absolute atomic E-state index is 12.5. The van der Waals surface area contributed by atoms with E-state index in [1.165, 1.54) is 11.8 Å². The van der Waals surface area contributed by atoms with Crippen LogP contribution in [-0.4, -0.2) is 44.5 Å². The van der Waals surface area contributed by atoms with Crippen molar-refractivity contribution >= 4 is 23.3 Å². The Morgan fingerprint density at radius 1 is 1.03 bits per heavy atom. The maximum Gasteiger partial charge on any atom is 0.312 e. The first kappa shape index (κ1) is 20.4. The predicted molar refractivity (Wildman–Crippen MR) is 106 cm³/mol. The highest BCUT2D eigenvalue weighted by Crippen LogP contribution is 2.28. The molecule has 7 heteroatoms. The Labute approximate surface area is 169 Å². The second-order valence-corrected chi connectivity index (χ2v) is 6.78. The number of methoxy groups -OCH3 is 2. The van der Waals surface area contributed by atoms with Crippen molar-refractivity contribution in [2.45, 2.75) is 19.4 Å². The summed E-state index contributed by atoms with van der Waals surface area (Å²) < 4.78 is 15.6. The average molecular weight is 397 g/mol. The van der Waals surface area contributed by atoms with Crippen LogP contribution in [-0.2, 0) is 14.3 Å². The monoisotopic (exact) mass is 397 g/mol. The first-order valence-corrected chi connectivity index (χ1v) is 9.26. The largest absolute Gasteiger partial charge is 0.497 e. The summed E-state index contributed by atoms with van der Waals surface area (Å²) in [5.41, 5.74) is 1.08. The van der Waals surface area contributed by atoms with Crippen LogP contribution >= 0.6 is 0 Å². The third kappa shape index (κ3) is 4.56. The molecule has 29 heavy (non-hydrogen) atoms. The van der Waals surface area contributed by atoms with Crippen LogP contribution in [0.1, 0.15) is 23.7 Å². The summed E-state index contributed by atoms with van der Waals surface area (Å²) in [7, 11) is 3.09. The maximum atomic E-state index is 12.5. The van der Waals surface area contributed by atoms with Crippen LogP contribution in [0, 0.1) is 5.92 Å². The average Bonchev–Trinajstić information content (AvgIpc) is 3.15. The molecule has 1 heterocycles. The minimum atomic E-state index is -0.947. The number of anilines is 1. The Morgan fingerprint density at radius 3 is 2.38 bits per heavy atom. The number of amides is 1. The van der Waals surface area contributed by atoms with Crippen LogP contribution in [0.3, 0.4) is 0 Å². The van der Waals surface area contributed by atoms with Gasteiger partial charge in [-0.1, -0.05) is 6.07 Å². The molecule has 1 saturated heterocycles. The van der Waals surface area contributed by atoms with Crippen molar-refractivity contribution in [2.75, 3.05) is 25.7 Å². The lowest BCUT2D eigenvalue weighted by atomic mass is 10.1. The summed E-state index contributed by atoms with van der Waals surface area (Å²) in [6, 6.07) is 13.7. The van der Waals surface area contributed by atoms with Gasteiger partial charge in [0.25, 0.3) is 0 Å². The molecule has 7 nitrogen and oxygen atoms in total. The summed E-state index contributed by atoms with van der Waals surface area (Å²) in [6.07, 6.45) is -0.906. The lowest BCUT2D eigenvalue weighted by molar-refractivity contribution is -0.151. The van der Waals surface area contributed by atoms with Crippen LogP contribution in [0.25, 0.3) is 0 Å². The van der Waals surface area contributed by atoms with E-state index >= 15 is 0 Å². The molecule has 0 aliphatic carbocycles. The number of rotatable bonds is 7. The SMILES string of the molecule is COc1ccc(C(=O)[C@@H](C)OC(=O)[C@@H]2CC(=O)N(c3cccc(OC)c3)C2)cc1. The Balaban J connectivity index is 1.62. The molecule has 0 bridgehead atoms. The van der Waals surface area contributed by atoms with Crippen LogP contribution in [0.15, 0.2) is 48.5 Å². The summed E-state index contributed by atoms with van der Waals surface area (Å²) in [4.78, 5) is 39.0. The van der Waals surface area contributed by atoms with E-state index in [1.807, 2.05) is 0 Å². The molecule has 0 spiro atoms. The van der Waals surface area contributed by atoms with Crippen LogP contribution in [0.2, 0.25) is 0 Å². The molecule has 0 radical (unpaired) electrons. The van der Waals surface area contributed by atoms with E-state index in [1.54, 1.807) is 62.8 Å². The van der Waals surface area contributed by atoms with E-state index < -0.39 is 18.0 Å². The van der Waals surface area contributed by atoms with Crippen molar-refractivity contribution in [3.05, 3.63) is 54.1 Å². The van der Waals surface area contributed by atoms with Crippen LogP contribution in [0.5, 0.6) is 11.5 Å². The Morgan fingerprint density at radius 2 is 1.72 bits per heavy atom. The van der Waals surface area contributed by atoms with Gasteiger partial charge in [0.2, 0.25) is 11.7 Å². The highest BCUT2D eigenvalue weighted by molar-refractivity contribution is 6.02. The van der Waals surface area contributed by atoms with Crippen molar-refractivity contribution in [3.8, 4) is 11.5 Å². The summed E-state index contributed by atoms with van der Waals surface area (Å²) in [6.45, 7) is 1.73. The van der Waals surface area contributed by atoms with Crippen molar-refractivity contribution in [1.29, 1.82) is 0 Å². The number of Topliss-reactive ketones (excluding diaryl/α,β-unsaturated/α-hetero) is 1. The van der Waals surface area contributed by atoms with Gasteiger partial charge in [-0.25, -0.2) is 0 Å². The van der Waals surface area contributed by atoms with Gasteiger partial charge >= 0.3 is 5.97 Å². The molecule has 1 aliphatic rings. The van der Waals surface area contributed by atoms with Crippen molar-refractivity contribution in [3.63, 3.8) is 0 Å². The fraction of sp³-hybridized carbons (Fsp3) is 0.318. The lowest BCUT2D eigenvalue weighted by Gasteiger charge is -2.18. The molecular weight excluding hydrogens is 374 g/mol. The first-order valence-electron chi connectivity index (χ1n) is 9.26. The third-order valence-corrected chi connectivity index (χ3v) is 4.86. The number of carbonyl (C=O) groups excluding carboxylic acids is 3. The number of hydrogen-bond donors (Lipinski definition) is 0. The normalized spacial score (nSPS) is 17.0. The molecule has 0 aromatic heterocycles. The van der Waals surface area contributed by atoms with Gasteiger partial charge in [0.1, 0.15) is 11.5 Å². The fourth-order valence-electron chi connectivity index (χ4n) is 3.21. The first-order chi connectivity index (χ1) is 13.9. The highest BCUT2D eigenvalue weighted by atomic mass is 16.5. The van der Waals surface area contributed by atoms with E-state index in [0.29, 0.717) is 22.7 Å². The van der Waals surface area contributed by atoms with Gasteiger partial charge in [0.15, 0.2) is 6.10 Å². The second kappa shape index (κ2) is 8.77. The molecule has 2 aromatic carbocycles. The Kier molecular flexibility index (Phi) is 6.16. The molecule has 0 unspecified atom stereocenters. The zero-order valence-corrected chi connectivity index (χ0v) is 16.6. The highest BCUT2D eigenvalue weighted by Gasteiger charge is 2.37. The van der Waals surface area contributed by atoms with Gasteiger partial charge in [-0.15, -0.1) is 0 Å². The smallest absolute Gasteiger partial charge is 0.312 e. The summed E-state index contributed by atoms with van der Waals surface area (Å²) in [5.74, 6) is -0.407. The van der Waals surface area contributed by atoms with Crippen LogP contribution in [0.4, 0.5) is 5.69 Å². The fourth-order valence-corrected chi connectivity index (χ4v) is 3.21. The van der Waals surface area contributed by atoms with Gasteiger partial charge in [-0.05, 0) is 43.3 Å². The minimum absolute atomic E-state index is 0.0412. The molecule has 2 atom stereocenters. The molecule has 1 aliphatic heterocycles. The molecular formula is C22H23NO6. The number of benzene rings is 2. The Hall–Kier alpha value is -3.35. The number of esters is 1. The van der Waals surface area contributed by atoms with Crippen molar-refractivity contribution in [2.24, 2.45) is 5.92 Å². The zero-order valence-electron chi connectivity index (χ0n) is 16.6. The van der Waals surface area contributed by atoms with E-state index in [2.05, 4.69) is 0 Å². The number of carbonyl (C=O) groups is 3. The van der Waals surface area contributed by atoms with E-state index in [4.69, 9.17) is 14.2 Å². The molecule has 152 valence electrons. The zero-order chi connectivity index (χ0) is 21.0. The number of nitrogens with zero attached hydrogens (tertiary/aromatic N) is 1. The Bertz CT molecular complexity index is 908. The molecule has 1 amide bonds. The lowest BCUT2D eigenvalue weighted by Crippen LogP contribution is -2.30. The molecule has 2 aromatic rings. The topological polar surface area (TPSA) is 82.1 Å². The molecule has 0 N–H and O–H groups in total. The van der Waals surface area contributed by atoms with E-state index in [9.17, 15) is 14.4 Å². The number of ketones is 1. The number of ether oxygens (including phenoxy) is 3. The third-order valence-electron chi connectivity index (χ3n) is 4.86. The molecule has 1 fully saturated rings. The predicted octanol–water partition coefficient (Wildman–Crippen LogP) is 2.87.